The average Bonchev–Trinajstić information content (AvgIpc) is 2.67. The van der Waals surface area contributed by atoms with Gasteiger partial charge in [-0.3, -0.25) is 4.79 Å². The van der Waals surface area contributed by atoms with E-state index in [4.69, 9.17) is 0 Å². The molecule has 0 saturated heterocycles. The Labute approximate surface area is 81.2 Å². The number of carbonyl (C=O) groups is 1. The third-order valence-electron chi connectivity index (χ3n) is 1.95. The highest BCUT2D eigenvalue weighted by atomic mass is 16.1. The standard InChI is InChI=1S/C10H9N3O/c14-8-10-4-2-6-13(10)7-9-3-1-5-11-12-9/h1-6,8H,7H2. The van der Waals surface area contributed by atoms with Crippen LogP contribution in [0.25, 0.3) is 0 Å². The van der Waals surface area contributed by atoms with Crippen LogP contribution in [0.1, 0.15) is 16.2 Å². The molecular weight excluding hydrogens is 178 g/mol. The van der Waals surface area contributed by atoms with Crippen molar-refractivity contribution in [2.75, 3.05) is 0 Å². The normalized spacial score (nSPS) is 10.0. The summed E-state index contributed by atoms with van der Waals surface area (Å²) < 4.78 is 1.83. The quantitative estimate of drug-likeness (QED) is 0.677. The van der Waals surface area contributed by atoms with Crippen molar-refractivity contribution in [2.24, 2.45) is 0 Å². The zero-order chi connectivity index (χ0) is 9.80. The number of aldehydes is 1. The largest absolute Gasteiger partial charge is 0.339 e. The molecule has 0 amide bonds. The van der Waals surface area contributed by atoms with Gasteiger partial charge in [-0.25, -0.2) is 0 Å². The molecular formula is C10H9N3O. The molecule has 14 heavy (non-hydrogen) atoms. The number of aromatic nitrogens is 3. The summed E-state index contributed by atoms with van der Waals surface area (Å²) in [5.74, 6) is 0. The Balaban J connectivity index is 2.23. The van der Waals surface area contributed by atoms with Crippen LogP contribution in [-0.4, -0.2) is 21.1 Å². The molecule has 0 spiro atoms. The topological polar surface area (TPSA) is 47.8 Å². The maximum atomic E-state index is 10.6. The molecule has 0 radical (unpaired) electrons. The van der Waals surface area contributed by atoms with Crippen LogP contribution in [-0.2, 0) is 6.54 Å². The zero-order valence-corrected chi connectivity index (χ0v) is 7.50. The van der Waals surface area contributed by atoms with Crippen LogP contribution in [0.15, 0.2) is 36.7 Å². The Morgan fingerprint density at radius 3 is 3.00 bits per heavy atom. The van der Waals surface area contributed by atoms with Gasteiger partial charge >= 0.3 is 0 Å². The van der Waals surface area contributed by atoms with Crippen LogP contribution in [0.4, 0.5) is 0 Å². The van der Waals surface area contributed by atoms with E-state index >= 15 is 0 Å². The van der Waals surface area contributed by atoms with Crippen LogP contribution in [0.3, 0.4) is 0 Å². The zero-order valence-electron chi connectivity index (χ0n) is 7.50. The lowest BCUT2D eigenvalue weighted by atomic mass is 10.4. The maximum absolute atomic E-state index is 10.6. The molecule has 0 aliphatic rings. The van der Waals surface area contributed by atoms with Crippen molar-refractivity contribution in [3.8, 4) is 0 Å². The first-order chi connectivity index (χ1) is 6.90. The van der Waals surface area contributed by atoms with Gasteiger partial charge in [-0.15, -0.1) is 0 Å². The molecule has 0 aromatic carbocycles. The fourth-order valence-corrected chi connectivity index (χ4v) is 1.27. The van der Waals surface area contributed by atoms with Gasteiger partial charge in [-0.05, 0) is 24.3 Å². The molecule has 70 valence electrons. The molecule has 0 aliphatic carbocycles. The molecule has 2 aromatic rings. The minimum absolute atomic E-state index is 0.578. The molecule has 2 rings (SSSR count). The lowest BCUT2D eigenvalue weighted by molar-refractivity contribution is 0.111. The summed E-state index contributed by atoms with van der Waals surface area (Å²) in [5, 5.41) is 7.71. The van der Waals surface area contributed by atoms with E-state index in [0.29, 0.717) is 12.2 Å². The number of hydrogen-bond donors (Lipinski definition) is 0. The maximum Gasteiger partial charge on any atom is 0.166 e. The van der Waals surface area contributed by atoms with Crippen molar-refractivity contribution in [1.29, 1.82) is 0 Å². The first-order valence-electron chi connectivity index (χ1n) is 4.27. The lowest BCUT2D eigenvalue weighted by Gasteiger charge is -2.02. The molecule has 2 heterocycles. The summed E-state index contributed by atoms with van der Waals surface area (Å²) in [6, 6.07) is 7.30. The summed E-state index contributed by atoms with van der Waals surface area (Å²) in [5.41, 5.74) is 1.49. The summed E-state index contributed by atoms with van der Waals surface area (Å²) in [6.45, 7) is 0.578. The van der Waals surface area contributed by atoms with Crippen LogP contribution >= 0.6 is 0 Å². The third-order valence-corrected chi connectivity index (χ3v) is 1.95. The molecule has 0 fully saturated rings. The Bertz CT molecular complexity index is 422. The molecule has 0 aliphatic heterocycles. The Morgan fingerprint density at radius 1 is 1.36 bits per heavy atom. The Hall–Kier alpha value is -1.97. The van der Waals surface area contributed by atoms with Crippen LogP contribution in [0.2, 0.25) is 0 Å². The molecule has 0 N–H and O–H groups in total. The van der Waals surface area contributed by atoms with Crippen molar-refractivity contribution >= 4 is 6.29 Å². The molecule has 2 aromatic heterocycles. The predicted octanol–water partition coefficient (Wildman–Crippen LogP) is 1.14. The summed E-state index contributed by atoms with van der Waals surface area (Å²) in [4.78, 5) is 10.6. The Kier molecular flexibility index (Phi) is 2.36. The van der Waals surface area contributed by atoms with E-state index in [1.807, 2.05) is 29.0 Å². The van der Waals surface area contributed by atoms with Crippen molar-refractivity contribution in [2.45, 2.75) is 6.54 Å². The van der Waals surface area contributed by atoms with Gasteiger partial charge in [-0.1, -0.05) is 0 Å². The first kappa shape index (κ1) is 8.62. The van der Waals surface area contributed by atoms with Crippen molar-refractivity contribution in [3.63, 3.8) is 0 Å². The molecule has 0 atom stereocenters. The van der Waals surface area contributed by atoms with E-state index in [0.717, 1.165) is 12.0 Å². The van der Waals surface area contributed by atoms with Gasteiger partial charge in [0.05, 0.1) is 17.9 Å². The molecule has 4 heteroatoms. The van der Waals surface area contributed by atoms with Crippen molar-refractivity contribution in [1.82, 2.24) is 14.8 Å². The lowest BCUT2D eigenvalue weighted by Crippen LogP contribution is -2.04. The molecule has 4 nitrogen and oxygen atoms in total. The van der Waals surface area contributed by atoms with Gasteiger partial charge in [0.1, 0.15) is 0 Å². The van der Waals surface area contributed by atoms with Gasteiger partial charge in [0.25, 0.3) is 0 Å². The van der Waals surface area contributed by atoms with E-state index in [1.165, 1.54) is 0 Å². The monoisotopic (exact) mass is 187 g/mol. The van der Waals surface area contributed by atoms with Crippen molar-refractivity contribution < 1.29 is 4.79 Å². The fraction of sp³-hybridized carbons (Fsp3) is 0.100. The van der Waals surface area contributed by atoms with Gasteiger partial charge in [0.15, 0.2) is 6.29 Å². The number of carbonyl (C=O) groups excluding carboxylic acids is 1. The smallest absolute Gasteiger partial charge is 0.166 e. The first-order valence-corrected chi connectivity index (χ1v) is 4.27. The average molecular weight is 187 g/mol. The van der Waals surface area contributed by atoms with Crippen LogP contribution in [0.5, 0.6) is 0 Å². The summed E-state index contributed by atoms with van der Waals surface area (Å²) in [6.07, 6.45) is 4.30. The highest BCUT2D eigenvalue weighted by Crippen LogP contribution is 2.02. The SMILES string of the molecule is O=Cc1cccn1Cc1cccnn1. The molecule has 0 unspecified atom stereocenters. The Morgan fingerprint density at radius 2 is 2.29 bits per heavy atom. The van der Waals surface area contributed by atoms with E-state index in [1.54, 1.807) is 12.3 Å². The second-order valence-corrected chi connectivity index (χ2v) is 2.89. The highest BCUT2D eigenvalue weighted by molar-refractivity contribution is 5.72. The van der Waals surface area contributed by atoms with E-state index in [-0.39, 0.29) is 0 Å². The van der Waals surface area contributed by atoms with Gasteiger partial charge in [0.2, 0.25) is 0 Å². The fourth-order valence-electron chi connectivity index (χ4n) is 1.27. The number of nitrogens with zero attached hydrogens (tertiary/aromatic N) is 3. The number of rotatable bonds is 3. The van der Waals surface area contributed by atoms with Crippen LogP contribution in [0, 0.1) is 0 Å². The summed E-state index contributed by atoms with van der Waals surface area (Å²) >= 11 is 0. The van der Waals surface area contributed by atoms with Gasteiger partial charge in [0, 0.05) is 12.4 Å². The second-order valence-electron chi connectivity index (χ2n) is 2.89. The van der Waals surface area contributed by atoms with Gasteiger partial charge < -0.3 is 4.57 Å². The van der Waals surface area contributed by atoms with Crippen molar-refractivity contribution in [3.05, 3.63) is 48.0 Å². The van der Waals surface area contributed by atoms with Gasteiger partial charge in [-0.2, -0.15) is 10.2 Å². The third kappa shape index (κ3) is 1.69. The van der Waals surface area contributed by atoms with E-state index < -0.39 is 0 Å². The molecule has 0 saturated carbocycles. The predicted molar refractivity (Wildman–Crippen MR) is 51.0 cm³/mol. The minimum Gasteiger partial charge on any atom is -0.339 e. The van der Waals surface area contributed by atoms with E-state index in [9.17, 15) is 4.79 Å². The summed E-state index contributed by atoms with van der Waals surface area (Å²) in [7, 11) is 0. The second kappa shape index (κ2) is 3.83. The minimum atomic E-state index is 0.578. The number of hydrogen-bond acceptors (Lipinski definition) is 3. The van der Waals surface area contributed by atoms with Crippen LogP contribution < -0.4 is 0 Å². The molecule has 0 bridgehead atoms. The van der Waals surface area contributed by atoms with E-state index in [2.05, 4.69) is 10.2 Å². The highest BCUT2D eigenvalue weighted by Gasteiger charge is 2.00.